The van der Waals surface area contributed by atoms with Gasteiger partial charge in [-0.05, 0) is 60.5 Å². The fourth-order valence-corrected chi connectivity index (χ4v) is 4.39. The van der Waals surface area contributed by atoms with Gasteiger partial charge in [0.05, 0.1) is 16.9 Å². The number of hydrogen-bond donors (Lipinski definition) is 0. The van der Waals surface area contributed by atoms with Crippen LogP contribution in [-0.4, -0.2) is 16.6 Å². The van der Waals surface area contributed by atoms with Crippen molar-refractivity contribution in [3.05, 3.63) is 136 Å². The number of rotatable bonds is 5. The standard InChI is InChI=1S/C29H24FN3O/c1-20-31-27-18-17-25(32(2)24-15-13-23(30)14-16-24)19-26(27)29(34)33(20)28(21-9-5-3-6-10-21)22-11-7-4-8-12-22/h3-19,28H,1-2H3. The van der Waals surface area contributed by atoms with E-state index in [2.05, 4.69) is 0 Å². The molecule has 0 aliphatic rings. The number of halogens is 1. The second-order valence-electron chi connectivity index (χ2n) is 8.29. The number of aryl methyl sites for hydroxylation is 1. The summed E-state index contributed by atoms with van der Waals surface area (Å²) in [5, 5.41) is 0.536. The van der Waals surface area contributed by atoms with E-state index in [1.54, 1.807) is 16.7 Å². The Morgan fingerprint density at radius 3 is 1.94 bits per heavy atom. The summed E-state index contributed by atoms with van der Waals surface area (Å²) >= 11 is 0. The quantitative estimate of drug-likeness (QED) is 0.318. The monoisotopic (exact) mass is 449 g/mol. The van der Waals surface area contributed by atoms with Crippen LogP contribution in [-0.2, 0) is 0 Å². The van der Waals surface area contributed by atoms with Gasteiger partial charge >= 0.3 is 0 Å². The highest BCUT2D eigenvalue weighted by molar-refractivity contribution is 5.83. The Bertz CT molecular complexity index is 1460. The molecule has 0 saturated heterocycles. The van der Waals surface area contributed by atoms with Crippen molar-refractivity contribution in [2.75, 3.05) is 11.9 Å². The highest BCUT2D eigenvalue weighted by atomic mass is 19.1. The summed E-state index contributed by atoms with van der Waals surface area (Å²) in [7, 11) is 1.89. The fraction of sp³-hybridized carbons (Fsp3) is 0.103. The molecule has 0 atom stereocenters. The zero-order valence-corrected chi connectivity index (χ0v) is 19.0. The molecule has 34 heavy (non-hydrogen) atoms. The van der Waals surface area contributed by atoms with E-state index in [1.165, 1.54) is 12.1 Å². The normalized spacial score (nSPS) is 11.2. The average Bonchev–Trinajstić information content (AvgIpc) is 2.87. The summed E-state index contributed by atoms with van der Waals surface area (Å²) in [5.41, 5.74) is 4.22. The van der Waals surface area contributed by atoms with Crippen LogP contribution >= 0.6 is 0 Å². The summed E-state index contributed by atoms with van der Waals surface area (Å²) in [4.78, 5) is 20.7. The van der Waals surface area contributed by atoms with Gasteiger partial charge in [0.25, 0.3) is 5.56 Å². The lowest BCUT2D eigenvalue weighted by molar-refractivity contribution is 0.620. The molecule has 0 N–H and O–H groups in total. The molecule has 1 aromatic heterocycles. The predicted octanol–water partition coefficient (Wildman–Crippen LogP) is 6.25. The van der Waals surface area contributed by atoms with E-state index < -0.39 is 0 Å². The molecule has 0 radical (unpaired) electrons. The molecule has 0 aliphatic carbocycles. The van der Waals surface area contributed by atoms with Gasteiger partial charge < -0.3 is 4.90 Å². The average molecular weight is 450 g/mol. The van der Waals surface area contributed by atoms with Crippen molar-refractivity contribution in [1.29, 1.82) is 0 Å². The molecule has 4 nitrogen and oxygen atoms in total. The van der Waals surface area contributed by atoms with Gasteiger partial charge in [0.15, 0.2) is 0 Å². The van der Waals surface area contributed by atoms with Crippen LogP contribution in [0, 0.1) is 12.7 Å². The third-order valence-electron chi connectivity index (χ3n) is 6.15. The third kappa shape index (κ3) is 3.97. The molecule has 1 heterocycles. The van der Waals surface area contributed by atoms with E-state index in [9.17, 15) is 9.18 Å². The van der Waals surface area contributed by atoms with Crippen LogP contribution in [0.3, 0.4) is 0 Å². The Labute approximate surface area is 197 Å². The van der Waals surface area contributed by atoms with Crippen molar-refractivity contribution < 1.29 is 4.39 Å². The van der Waals surface area contributed by atoms with Gasteiger partial charge in [0.2, 0.25) is 0 Å². The molecule has 0 aliphatic heterocycles. The van der Waals surface area contributed by atoms with Crippen LogP contribution < -0.4 is 10.5 Å². The van der Waals surface area contributed by atoms with E-state index in [1.807, 2.05) is 97.7 Å². The van der Waals surface area contributed by atoms with E-state index >= 15 is 0 Å². The Hall–Kier alpha value is -4.25. The van der Waals surface area contributed by atoms with Gasteiger partial charge in [-0.2, -0.15) is 0 Å². The summed E-state index contributed by atoms with van der Waals surface area (Å²) in [6, 6.07) is 31.6. The number of benzene rings is 4. The second kappa shape index (κ2) is 8.94. The zero-order chi connectivity index (χ0) is 23.7. The van der Waals surface area contributed by atoms with Crippen LogP contribution in [0.4, 0.5) is 15.8 Å². The largest absolute Gasteiger partial charge is 0.345 e. The first-order valence-electron chi connectivity index (χ1n) is 11.1. The summed E-state index contributed by atoms with van der Waals surface area (Å²) < 4.78 is 15.2. The number of aromatic nitrogens is 2. The van der Waals surface area contributed by atoms with E-state index in [0.717, 1.165) is 22.5 Å². The molecule has 168 valence electrons. The lowest BCUT2D eigenvalue weighted by atomic mass is 9.98. The van der Waals surface area contributed by atoms with Crippen molar-refractivity contribution in [3.63, 3.8) is 0 Å². The number of hydrogen-bond acceptors (Lipinski definition) is 3. The molecular formula is C29H24FN3O. The fourth-order valence-electron chi connectivity index (χ4n) is 4.39. The summed E-state index contributed by atoms with van der Waals surface area (Å²) in [6.07, 6.45) is 0. The Balaban J connectivity index is 1.69. The van der Waals surface area contributed by atoms with Crippen molar-refractivity contribution in [3.8, 4) is 0 Å². The molecule has 0 saturated carbocycles. The maximum atomic E-state index is 13.9. The van der Waals surface area contributed by atoms with E-state index in [0.29, 0.717) is 16.7 Å². The minimum absolute atomic E-state index is 0.102. The summed E-state index contributed by atoms with van der Waals surface area (Å²) in [5.74, 6) is 0.362. The molecule has 0 bridgehead atoms. The number of nitrogens with zero attached hydrogens (tertiary/aromatic N) is 3. The Kier molecular flexibility index (Phi) is 5.68. The molecule has 5 rings (SSSR count). The van der Waals surface area contributed by atoms with Gasteiger partial charge in [0, 0.05) is 18.4 Å². The van der Waals surface area contributed by atoms with E-state index in [4.69, 9.17) is 4.98 Å². The van der Waals surface area contributed by atoms with Gasteiger partial charge in [0.1, 0.15) is 11.6 Å². The molecule has 5 aromatic rings. The third-order valence-corrected chi connectivity index (χ3v) is 6.15. The van der Waals surface area contributed by atoms with Gasteiger partial charge in [-0.25, -0.2) is 9.37 Å². The lowest BCUT2D eigenvalue weighted by Crippen LogP contribution is -2.29. The van der Waals surface area contributed by atoms with Crippen LogP contribution in [0.25, 0.3) is 10.9 Å². The Morgan fingerprint density at radius 2 is 1.35 bits per heavy atom. The lowest BCUT2D eigenvalue weighted by Gasteiger charge is -2.24. The second-order valence-corrected chi connectivity index (χ2v) is 8.29. The zero-order valence-electron chi connectivity index (χ0n) is 19.0. The SMILES string of the molecule is Cc1nc2ccc(N(C)c3ccc(F)cc3)cc2c(=O)n1C(c1ccccc1)c1ccccc1. The van der Waals surface area contributed by atoms with E-state index in [-0.39, 0.29) is 17.4 Å². The predicted molar refractivity (Wildman–Crippen MR) is 135 cm³/mol. The molecule has 5 heteroatoms. The minimum Gasteiger partial charge on any atom is -0.345 e. The van der Waals surface area contributed by atoms with Gasteiger partial charge in [-0.1, -0.05) is 60.7 Å². The maximum absolute atomic E-state index is 13.9. The topological polar surface area (TPSA) is 38.1 Å². The minimum atomic E-state index is -0.301. The van der Waals surface area contributed by atoms with Crippen LogP contribution in [0.5, 0.6) is 0 Å². The molecule has 0 unspecified atom stereocenters. The van der Waals surface area contributed by atoms with Crippen LogP contribution in [0.2, 0.25) is 0 Å². The molecule has 4 aromatic carbocycles. The number of anilines is 2. The molecule has 0 spiro atoms. The first-order valence-corrected chi connectivity index (χ1v) is 11.1. The van der Waals surface area contributed by atoms with Gasteiger partial charge in [-0.15, -0.1) is 0 Å². The number of fused-ring (bicyclic) bond motifs is 1. The maximum Gasteiger partial charge on any atom is 0.262 e. The van der Waals surface area contributed by atoms with Gasteiger partial charge in [-0.3, -0.25) is 9.36 Å². The Morgan fingerprint density at radius 1 is 0.794 bits per heavy atom. The summed E-state index contributed by atoms with van der Waals surface area (Å²) in [6.45, 7) is 1.87. The molecular weight excluding hydrogens is 425 g/mol. The first kappa shape index (κ1) is 21.6. The van der Waals surface area contributed by atoms with Crippen molar-refractivity contribution in [2.45, 2.75) is 13.0 Å². The van der Waals surface area contributed by atoms with Crippen molar-refractivity contribution in [2.24, 2.45) is 0 Å². The highest BCUT2D eigenvalue weighted by Gasteiger charge is 2.21. The molecule has 0 fully saturated rings. The van der Waals surface area contributed by atoms with Crippen molar-refractivity contribution in [1.82, 2.24) is 9.55 Å². The van der Waals surface area contributed by atoms with Crippen molar-refractivity contribution >= 4 is 22.3 Å². The highest BCUT2D eigenvalue weighted by Crippen LogP contribution is 2.29. The first-order chi connectivity index (χ1) is 16.5. The van der Waals surface area contributed by atoms with Crippen LogP contribution in [0.15, 0.2) is 108 Å². The van der Waals surface area contributed by atoms with Crippen LogP contribution in [0.1, 0.15) is 23.0 Å². The smallest absolute Gasteiger partial charge is 0.262 e. The molecule has 0 amide bonds.